The Morgan fingerprint density at radius 1 is 0.968 bits per heavy atom. The van der Waals surface area contributed by atoms with E-state index in [0.29, 0.717) is 0 Å². The molecule has 0 unspecified atom stereocenters. The third-order valence-corrected chi connectivity index (χ3v) is 7.63. The maximum absolute atomic E-state index is 13.3. The molecule has 5 heteroatoms. The minimum Gasteiger partial charge on any atom is -0.468 e. The van der Waals surface area contributed by atoms with Crippen LogP contribution in [0.2, 0.25) is 0 Å². The molecular formula is C26H22N2O2S. The lowest BCUT2D eigenvalue weighted by atomic mass is 9.80. The summed E-state index contributed by atoms with van der Waals surface area (Å²) in [6, 6.07) is 28.3. The Hall–Kier alpha value is -3.31. The van der Waals surface area contributed by atoms with E-state index in [0.717, 1.165) is 38.5 Å². The SMILES string of the molecule is COC(=O)[C@H]1C(C)=C(c2ccccc2)S[C@]1(c1ccccc1)c1nc2ccccc2[nH]1. The van der Waals surface area contributed by atoms with E-state index < -0.39 is 10.7 Å². The number of methoxy groups -OCH3 is 1. The molecule has 2 heterocycles. The zero-order valence-electron chi connectivity index (χ0n) is 17.3. The Balaban J connectivity index is 1.80. The number of nitrogens with zero attached hydrogens (tertiary/aromatic N) is 1. The first kappa shape index (κ1) is 19.6. The van der Waals surface area contributed by atoms with Crippen LogP contribution in [0.5, 0.6) is 0 Å². The zero-order valence-corrected chi connectivity index (χ0v) is 18.1. The van der Waals surface area contributed by atoms with Crippen LogP contribution in [0.15, 0.2) is 90.5 Å². The number of imidazole rings is 1. The van der Waals surface area contributed by atoms with Gasteiger partial charge in [-0.25, -0.2) is 4.98 Å². The lowest BCUT2D eigenvalue weighted by Gasteiger charge is -2.33. The van der Waals surface area contributed by atoms with Gasteiger partial charge < -0.3 is 9.72 Å². The van der Waals surface area contributed by atoms with Gasteiger partial charge in [0.05, 0.1) is 18.1 Å². The van der Waals surface area contributed by atoms with Crippen molar-refractivity contribution in [2.24, 2.45) is 5.92 Å². The molecule has 154 valence electrons. The van der Waals surface area contributed by atoms with Crippen LogP contribution >= 0.6 is 11.8 Å². The Labute approximate surface area is 185 Å². The molecule has 0 radical (unpaired) electrons. The number of H-pyrrole nitrogens is 1. The molecule has 0 bridgehead atoms. The molecule has 0 saturated heterocycles. The van der Waals surface area contributed by atoms with Crippen LogP contribution in [-0.4, -0.2) is 23.0 Å². The standard InChI is InChI=1S/C26H22N2O2S/c1-17-22(24(29)30-2)26(19-13-7-4-8-14-19,31-23(17)18-11-5-3-6-12-18)25-27-20-15-9-10-16-21(20)28-25/h3-16,22H,1-2H3,(H,27,28)/t22-,26+/m1/s1. The van der Waals surface area contributed by atoms with E-state index >= 15 is 0 Å². The molecule has 0 fully saturated rings. The van der Waals surface area contributed by atoms with Gasteiger partial charge in [0.25, 0.3) is 0 Å². The molecule has 1 aliphatic rings. The Kier molecular flexibility index (Phi) is 4.91. The third kappa shape index (κ3) is 3.08. The Morgan fingerprint density at radius 2 is 1.61 bits per heavy atom. The third-order valence-electron chi connectivity index (χ3n) is 5.88. The molecule has 0 spiro atoms. The summed E-state index contributed by atoms with van der Waals surface area (Å²) in [6.45, 7) is 2.03. The fourth-order valence-electron chi connectivity index (χ4n) is 4.43. The molecule has 0 amide bonds. The van der Waals surface area contributed by atoms with Crippen LogP contribution in [0.4, 0.5) is 0 Å². The first-order chi connectivity index (χ1) is 15.1. The number of carbonyl (C=O) groups excluding carboxylic acids is 1. The summed E-state index contributed by atoms with van der Waals surface area (Å²) in [5, 5.41) is 0. The zero-order chi connectivity index (χ0) is 21.4. The van der Waals surface area contributed by atoms with Crippen molar-refractivity contribution in [3.8, 4) is 0 Å². The number of thioether (sulfide) groups is 1. The molecule has 4 nitrogen and oxygen atoms in total. The average molecular weight is 427 g/mol. The van der Waals surface area contributed by atoms with Gasteiger partial charge in [-0.05, 0) is 35.8 Å². The van der Waals surface area contributed by atoms with Crippen LogP contribution < -0.4 is 0 Å². The van der Waals surface area contributed by atoms with Crippen molar-refractivity contribution in [1.82, 2.24) is 9.97 Å². The largest absolute Gasteiger partial charge is 0.468 e. The monoisotopic (exact) mass is 426 g/mol. The van der Waals surface area contributed by atoms with Crippen LogP contribution in [0.1, 0.15) is 23.9 Å². The van der Waals surface area contributed by atoms with E-state index in [1.54, 1.807) is 11.8 Å². The summed E-state index contributed by atoms with van der Waals surface area (Å²) < 4.78 is 4.57. The molecule has 4 aromatic rings. The quantitative estimate of drug-likeness (QED) is 0.421. The predicted molar refractivity (Wildman–Crippen MR) is 125 cm³/mol. The molecule has 1 aromatic heterocycles. The van der Waals surface area contributed by atoms with Gasteiger partial charge in [0, 0.05) is 4.91 Å². The summed E-state index contributed by atoms with van der Waals surface area (Å²) in [7, 11) is 1.45. The summed E-state index contributed by atoms with van der Waals surface area (Å²) in [4.78, 5) is 22.8. The van der Waals surface area contributed by atoms with Gasteiger partial charge in [-0.3, -0.25) is 4.79 Å². The fourth-order valence-corrected chi connectivity index (χ4v) is 6.13. The first-order valence-electron chi connectivity index (χ1n) is 10.2. The summed E-state index contributed by atoms with van der Waals surface area (Å²) >= 11 is 1.68. The minimum atomic E-state index is -0.761. The second kappa shape index (κ2) is 7.75. The Morgan fingerprint density at radius 3 is 2.29 bits per heavy atom. The molecule has 31 heavy (non-hydrogen) atoms. The normalized spacial score (nSPS) is 20.9. The van der Waals surface area contributed by atoms with Gasteiger partial charge in [-0.1, -0.05) is 72.8 Å². The lowest BCUT2D eigenvalue weighted by molar-refractivity contribution is -0.144. The number of fused-ring (bicyclic) bond motifs is 1. The van der Waals surface area contributed by atoms with Gasteiger partial charge in [0.2, 0.25) is 0 Å². The van der Waals surface area contributed by atoms with E-state index in [2.05, 4.69) is 29.2 Å². The number of esters is 1. The van der Waals surface area contributed by atoms with Gasteiger partial charge in [0.15, 0.2) is 0 Å². The maximum atomic E-state index is 13.3. The number of rotatable bonds is 4. The summed E-state index contributed by atoms with van der Waals surface area (Å²) in [5.74, 6) is -0.0218. The number of nitrogens with one attached hydrogen (secondary N) is 1. The molecule has 3 aromatic carbocycles. The van der Waals surface area contributed by atoms with Crippen molar-refractivity contribution in [3.63, 3.8) is 0 Å². The molecule has 1 aliphatic heterocycles. The number of benzene rings is 3. The van der Waals surface area contributed by atoms with E-state index in [1.807, 2.05) is 67.6 Å². The number of aromatic nitrogens is 2. The number of carbonyl (C=O) groups is 1. The molecular weight excluding hydrogens is 404 g/mol. The number of aromatic amines is 1. The Bertz CT molecular complexity index is 1250. The maximum Gasteiger partial charge on any atom is 0.315 e. The highest BCUT2D eigenvalue weighted by Crippen LogP contribution is 2.62. The van der Waals surface area contributed by atoms with Crippen LogP contribution in [0, 0.1) is 5.92 Å². The highest BCUT2D eigenvalue weighted by molar-refractivity contribution is 8.09. The van der Waals surface area contributed by atoms with E-state index in [1.165, 1.54) is 7.11 Å². The molecule has 0 saturated carbocycles. The molecule has 5 rings (SSSR count). The van der Waals surface area contributed by atoms with Crippen LogP contribution in [0.3, 0.4) is 0 Å². The molecule has 2 atom stereocenters. The number of hydrogen-bond donors (Lipinski definition) is 1. The van der Waals surface area contributed by atoms with Gasteiger partial charge in [-0.15, -0.1) is 11.8 Å². The minimum absolute atomic E-state index is 0.264. The first-order valence-corrected chi connectivity index (χ1v) is 11.0. The van der Waals surface area contributed by atoms with Gasteiger partial charge >= 0.3 is 5.97 Å². The van der Waals surface area contributed by atoms with Crippen molar-refractivity contribution in [1.29, 1.82) is 0 Å². The van der Waals surface area contributed by atoms with Gasteiger partial charge in [0.1, 0.15) is 16.5 Å². The lowest BCUT2D eigenvalue weighted by Crippen LogP contribution is -2.37. The van der Waals surface area contributed by atoms with E-state index in [4.69, 9.17) is 9.72 Å². The topological polar surface area (TPSA) is 55.0 Å². The smallest absolute Gasteiger partial charge is 0.315 e. The molecule has 1 N–H and O–H groups in total. The fraction of sp³-hybridized carbons (Fsp3) is 0.154. The van der Waals surface area contributed by atoms with Crippen molar-refractivity contribution < 1.29 is 9.53 Å². The number of para-hydroxylation sites is 2. The summed E-state index contributed by atoms with van der Waals surface area (Å²) in [6.07, 6.45) is 0. The second-order valence-corrected chi connectivity index (χ2v) is 8.90. The van der Waals surface area contributed by atoms with Gasteiger partial charge in [-0.2, -0.15) is 0 Å². The van der Waals surface area contributed by atoms with Crippen molar-refractivity contribution >= 4 is 33.7 Å². The van der Waals surface area contributed by atoms with Crippen molar-refractivity contribution in [3.05, 3.63) is 107 Å². The van der Waals surface area contributed by atoms with Crippen LogP contribution in [-0.2, 0) is 14.3 Å². The highest BCUT2D eigenvalue weighted by atomic mass is 32.2. The summed E-state index contributed by atoms with van der Waals surface area (Å²) in [5.41, 5.74) is 4.92. The van der Waals surface area contributed by atoms with Crippen LogP contribution in [0.25, 0.3) is 15.9 Å². The number of hydrogen-bond acceptors (Lipinski definition) is 4. The second-order valence-electron chi connectivity index (χ2n) is 7.64. The van der Waals surface area contributed by atoms with E-state index in [-0.39, 0.29) is 5.97 Å². The predicted octanol–water partition coefficient (Wildman–Crippen LogP) is 5.77. The average Bonchev–Trinajstić information content (AvgIpc) is 3.39. The molecule has 0 aliphatic carbocycles. The van der Waals surface area contributed by atoms with E-state index in [9.17, 15) is 4.79 Å². The van der Waals surface area contributed by atoms with Crippen molar-refractivity contribution in [2.75, 3.05) is 7.11 Å². The van der Waals surface area contributed by atoms with Crippen molar-refractivity contribution in [2.45, 2.75) is 11.7 Å². The highest BCUT2D eigenvalue weighted by Gasteiger charge is 2.56. The number of ether oxygens (including phenoxy) is 1.